The highest BCUT2D eigenvalue weighted by molar-refractivity contribution is 7.22. The minimum Gasteiger partial charge on any atom is -0.486 e. The van der Waals surface area contributed by atoms with Crippen LogP contribution in [0.1, 0.15) is 21.1 Å². The molecule has 0 fully saturated rings. The van der Waals surface area contributed by atoms with Gasteiger partial charge >= 0.3 is 0 Å². The number of halogens is 1. The van der Waals surface area contributed by atoms with E-state index in [2.05, 4.69) is 15.3 Å². The van der Waals surface area contributed by atoms with Gasteiger partial charge < -0.3 is 4.74 Å². The Bertz CT molecular complexity index is 1110. The topological polar surface area (TPSA) is 64.1 Å². The van der Waals surface area contributed by atoms with E-state index in [-0.39, 0.29) is 5.91 Å². The molecule has 136 valence electrons. The summed E-state index contributed by atoms with van der Waals surface area (Å²) in [5.41, 5.74) is 2.33. The second kappa shape index (κ2) is 7.64. The molecule has 2 aromatic heterocycles. The van der Waals surface area contributed by atoms with Crippen molar-refractivity contribution in [1.29, 1.82) is 0 Å². The first-order valence-electron chi connectivity index (χ1n) is 8.08. The quantitative estimate of drug-likeness (QED) is 0.464. The number of nitrogens with zero attached hydrogens (tertiary/aromatic N) is 2. The van der Waals surface area contributed by atoms with Crippen LogP contribution in [0.3, 0.4) is 0 Å². The number of benzene rings is 2. The van der Waals surface area contributed by atoms with E-state index in [1.54, 1.807) is 41.7 Å². The summed E-state index contributed by atoms with van der Waals surface area (Å²) in [5, 5.41) is 6.92. The van der Waals surface area contributed by atoms with Crippen LogP contribution < -0.4 is 10.1 Å². The molecule has 0 saturated heterocycles. The number of carbonyl (C=O) groups is 1. The highest BCUT2D eigenvalue weighted by atomic mass is 35.5. The van der Waals surface area contributed by atoms with Crippen molar-refractivity contribution >= 4 is 55.5 Å². The van der Waals surface area contributed by atoms with Crippen LogP contribution in [0.2, 0.25) is 5.02 Å². The van der Waals surface area contributed by atoms with E-state index in [9.17, 15) is 4.79 Å². The van der Waals surface area contributed by atoms with Crippen LogP contribution in [0.4, 0.5) is 5.13 Å². The summed E-state index contributed by atoms with van der Waals surface area (Å²) in [4.78, 5) is 21.2. The van der Waals surface area contributed by atoms with Crippen molar-refractivity contribution < 1.29 is 9.53 Å². The fourth-order valence-corrected chi connectivity index (χ4v) is 4.26. The molecule has 1 N–H and O–H groups in total. The summed E-state index contributed by atoms with van der Waals surface area (Å²) in [5.74, 6) is 0.469. The lowest BCUT2D eigenvalue weighted by Gasteiger charge is -2.05. The van der Waals surface area contributed by atoms with Gasteiger partial charge in [-0.15, -0.1) is 11.3 Å². The third-order valence-corrected chi connectivity index (χ3v) is 5.83. The maximum absolute atomic E-state index is 12.4. The fourth-order valence-electron chi connectivity index (χ4n) is 2.44. The fraction of sp³-hybridized carbons (Fsp3) is 0.105. The van der Waals surface area contributed by atoms with Gasteiger partial charge in [0.25, 0.3) is 5.91 Å². The Morgan fingerprint density at radius 1 is 1.19 bits per heavy atom. The van der Waals surface area contributed by atoms with Crippen LogP contribution in [-0.4, -0.2) is 15.9 Å². The zero-order valence-electron chi connectivity index (χ0n) is 14.2. The number of nitrogens with one attached hydrogen (secondary N) is 1. The van der Waals surface area contributed by atoms with Gasteiger partial charge in [0.05, 0.1) is 10.2 Å². The first-order chi connectivity index (χ1) is 13.1. The van der Waals surface area contributed by atoms with Crippen molar-refractivity contribution in [3.05, 3.63) is 69.1 Å². The second-order valence-electron chi connectivity index (χ2n) is 5.78. The number of hydrogen-bond donors (Lipinski definition) is 1. The van der Waals surface area contributed by atoms with Gasteiger partial charge in [0, 0.05) is 21.7 Å². The number of hydrogen-bond acceptors (Lipinski definition) is 6. The molecule has 0 spiro atoms. The van der Waals surface area contributed by atoms with Crippen LogP contribution in [0, 0.1) is 6.92 Å². The molecule has 0 atom stereocenters. The molecule has 1 amide bonds. The molecule has 8 heteroatoms. The Hall–Kier alpha value is -2.48. The monoisotopic (exact) mass is 415 g/mol. The van der Waals surface area contributed by atoms with Crippen LogP contribution in [-0.2, 0) is 6.61 Å². The Balaban J connectivity index is 1.40. The number of amides is 1. The van der Waals surface area contributed by atoms with Crippen molar-refractivity contribution in [1.82, 2.24) is 9.97 Å². The van der Waals surface area contributed by atoms with E-state index in [0.29, 0.717) is 28.1 Å². The highest BCUT2D eigenvalue weighted by Gasteiger charge is 2.11. The van der Waals surface area contributed by atoms with Crippen molar-refractivity contribution in [2.75, 3.05) is 5.32 Å². The predicted molar refractivity (Wildman–Crippen MR) is 110 cm³/mol. The van der Waals surface area contributed by atoms with Crippen molar-refractivity contribution in [3.8, 4) is 5.75 Å². The molecule has 4 aromatic rings. The Morgan fingerprint density at radius 3 is 2.74 bits per heavy atom. The highest BCUT2D eigenvalue weighted by Crippen LogP contribution is 2.28. The molecule has 0 aliphatic carbocycles. The molecule has 0 unspecified atom stereocenters. The maximum Gasteiger partial charge on any atom is 0.257 e. The zero-order chi connectivity index (χ0) is 18.8. The molecule has 0 radical (unpaired) electrons. The zero-order valence-corrected chi connectivity index (χ0v) is 16.6. The van der Waals surface area contributed by atoms with Gasteiger partial charge in [-0.2, -0.15) is 0 Å². The van der Waals surface area contributed by atoms with Gasteiger partial charge in [0.15, 0.2) is 5.13 Å². The van der Waals surface area contributed by atoms with Crippen molar-refractivity contribution in [2.45, 2.75) is 13.5 Å². The molecular formula is C19H14ClN3O2S2. The third kappa shape index (κ3) is 4.27. The van der Waals surface area contributed by atoms with E-state index in [4.69, 9.17) is 16.3 Å². The summed E-state index contributed by atoms with van der Waals surface area (Å²) in [7, 11) is 0. The van der Waals surface area contributed by atoms with Gasteiger partial charge in [-0.25, -0.2) is 9.97 Å². The Morgan fingerprint density at radius 2 is 2.00 bits per heavy atom. The summed E-state index contributed by atoms with van der Waals surface area (Å²) < 4.78 is 6.63. The van der Waals surface area contributed by atoms with Gasteiger partial charge in [0.2, 0.25) is 0 Å². The molecule has 2 aromatic carbocycles. The second-order valence-corrected chi connectivity index (χ2v) is 8.19. The number of ether oxygens (including phenoxy) is 1. The van der Waals surface area contributed by atoms with E-state index < -0.39 is 0 Å². The van der Waals surface area contributed by atoms with Crippen LogP contribution in [0.15, 0.2) is 47.8 Å². The molecule has 4 rings (SSSR count). The number of fused-ring (bicyclic) bond motifs is 1. The Kier molecular flexibility index (Phi) is 5.07. The SMILES string of the molecule is Cc1csc(COc2ccc(C(=O)Nc3nc4ccc(Cl)cc4s3)cc2)n1. The summed E-state index contributed by atoms with van der Waals surface area (Å²) in [6, 6.07) is 12.4. The molecular weight excluding hydrogens is 402 g/mol. The van der Waals surface area contributed by atoms with E-state index in [1.807, 2.05) is 24.4 Å². The number of carbonyl (C=O) groups excluding carboxylic acids is 1. The minimum absolute atomic E-state index is 0.220. The smallest absolute Gasteiger partial charge is 0.257 e. The van der Waals surface area contributed by atoms with Gasteiger partial charge in [-0.1, -0.05) is 22.9 Å². The van der Waals surface area contributed by atoms with Crippen molar-refractivity contribution in [3.63, 3.8) is 0 Å². The van der Waals surface area contributed by atoms with E-state index in [1.165, 1.54) is 11.3 Å². The molecule has 0 aliphatic rings. The average molecular weight is 416 g/mol. The molecule has 0 aliphatic heterocycles. The predicted octanol–water partition coefficient (Wildman–Crippen LogP) is 5.55. The average Bonchev–Trinajstić information content (AvgIpc) is 3.25. The Labute approximate surface area is 168 Å². The van der Waals surface area contributed by atoms with Crippen LogP contribution >= 0.6 is 34.3 Å². The van der Waals surface area contributed by atoms with Crippen LogP contribution in [0.25, 0.3) is 10.2 Å². The summed E-state index contributed by atoms with van der Waals surface area (Å²) in [6.07, 6.45) is 0. The number of rotatable bonds is 5. The maximum atomic E-state index is 12.4. The minimum atomic E-state index is -0.220. The lowest BCUT2D eigenvalue weighted by molar-refractivity contribution is 0.102. The first-order valence-corrected chi connectivity index (χ1v) is 10.2. The standard InChI is InChI=1S/C19H14ClN3O2S2/c1-11-10-26-17(21-11)9-25-14-5-2-12(3-6-14)18(24)23-19-22-15-7-4-13(20)8-16(15)27-19/h2-8,10H,9H2,1H3,(H,22,23,24). The lowest BCUT2D eigenvalue weighted by atomic mass is 10.2. The van der Waals surface area contributed by atoms with Gasteiger partial charge in [0.1, 0.15) is 17.4 Å². The molecule has 0 bridgehead atoms. The third-order valence-electron chi connectivity index (χ3n) is 3.72. The first kappa shape index (κ1) is 17.9. The van der Waals surface area contributed by atoms with Crippen LogP contribution in [0.5, 0.6) is 5.75 Å². The molecule has 2 heterocycles. The molecule has 27 heavy (non-hydrogen) atoms. The number of thiazole rings is 2. The number of aryl methyl sites for hydroxylation is 1. The van der Waals surface area contributed by atoms with E-state index in [0.717, 1.165) is 20.9 Å². The normalized spacial score (nSPS) is 10.9. The largest absolute Gasteiger partial charge is 0.486 e. The summed E-state index contributed by atoms with van der Waals surface area (Å²) >= 11 is 8.94. The lowest BCUT2D eigenvalue weighted by Crippen LogP contribution is -2.11. The van der Waals surface area contributed by atoms with E-state index >= 15 is 0 Å². The van der Waals surface area contributed by atoms with Gasteiger partial charge in [-0.05, 0) is 49.4 Å². The van der Waals surface area contributed by atoms with Crippen molar-refractivity contribution in [2.24, 2.45) is 0 Å². The number of anilines is 1. The number of aromatic nitrogens is 2. The molecule has 0 saturated carbocycles. The summed E-state index contributed by atoms with van der Waals surface area (Å²) in [6.45, 7) is 2.37. The van der Waals surface area contributed by atoms with Gasteiger partial charge in [-0.3, -0.25) is 10.1 Å². The molecule has 5 nitrogen and oxygen atoms in total.